The van der Waals surface area contributed by atoms with Gasteiger partial charge in [0, 0.05) is 98.9 Å². The van der Waals surface area contributed by atoms with Crippen LogP contribution in [0, 0.1) is 11.6 Å². The normalized spacial score (nSPS) is 21.3. The molecule has 2 N–H and O–H groups in total. The van der Waals surface area contributed by atoms with E-state index < -0.39 is 17.2 Å². The lowest BCUT2D eigenvalue weighted by atomic mass is 9.83. The Morgan fingerprint density at radius 2 is 1.18 bits per heavy atom. The number of morpholine rings is 2. The Labute approximate surface area is 421 Å². The Morgan fingerprint density at radius 1 is 0.658 bits per heavy atom. The number of nitrogens with one attached hydrogen (secondary N) is 2. The van der Waals surface area contributed by atoms with E-state index in [2.05, 4.69) is 88.4 Å². The summed E-state index contributed by atoms with van der Waals surface area (Å²) >= 11 is 0. The highest BCUT2D eigenvalue weighted by atomic mass is 19.1. The van der Waals surface area contributed by atoms with Crippen molar-refractivity contribution < 1.29 is 27.7 Å². The molecule has 5 aliphatic rings. The van der Waals surface area contributed by atoms with E-state index in [1.54, 1.807) is 60.9 Å². The molecule has 376 valence electrons. The van der Waals surface area contributed by atoms with Gasteiger partial charge in [0.05, 0.1) is 62.5 Å². The van der Waals surface area contributed by atoms with Crippen LogP contribution in [0.3, 0.4) is 0 Å². The molecule has 4 bridgehead atoms. The van der Waals surface area contributed by atoms with Gasteiger partial charge in [-0.3, -0.25) is 14.9 Å². The summed E-state index contributed by atoms with van der Waals surface area (Å²) in [5.74, 6) is 1.27. The van der Waals surface area contributed by atoms with Crippen molar-refractivity contribution in [3.05, 3.63) is 109 Å². The minimum absolute atomic E-state index is 0.0516. The Morgan fingerprint density at radius 3 is 1.73 bits per heavy atom. The van der Waals surface area contributed by atoms with Gasteiger partial charge in [-0.05, 0) is 108 Å². The molecule has 13 rings (SSSR count). The van der Waals surface area contributed by atoms with Crippen LogP contribution in [0.4, 0.5) is 43.2 Å². The summed E-state index contributed by atoms with van der Waals surface area (Å²) in [7, 11) is 6.13. The number of hydrogen-bond acceptors (Lipinski definition) is 16. The molecule has 0 aliphatic carbocycles. The summed E-state index contributed by atoms with van der Waals surface area (Å²) < 4.78 is 58.5. The van der Waals surface area contributed by atoms with E-state index in [0.717, 1.165) is 43.7 Å². The van der Waals surface area contributed by atoms with Crippen LogP contribution >= 0.6 is 0 Å². The van der Waals surface area contributed by atoms with Gasteiger partial charge < -0.3 is 44.3 Å². The third kappa shape index (κ3) is 9.32. The molecule has 73 heavy (non-hydrogen) atoms. The largest absolute Gasteiger partial charge is 0.488 e. The van der Waals surface area contributed by atoms with Crippen LogP contribution in [0.1, 0.15) is 33.1 Å². The summed E-state index contributed by atoms with van der Waals surface area (Å²) in [4.78, 5) is 36.5. The first-order valence-corrected chi connectivity index (χ1v) is 25.1. The highest BCUT2D eigenvalue weighted by Gasteiger charge is 2.52. The maximum Gasteiger partial charge on any atom is 0.156 e. The summed E-state index contributed by atoms with van der Waals surface area (Å²) in [5, 5.41) is 8.69. The lowest BCUT2D eigenvalue weighted by Crippen LogP contribution is -2.69. The zero-order valence-electron chi connectivity index (χ0n) is 41.6. The number of fused-ring (bicyclic) bond motifs is 8. The molecule has 0 radical (unpaired) electrons. The predicted octanol–water partition coefficient (Wildman–Crippen LogP) is 8.88. The zero-order valence-corrected chi connectivity index (χ0v) is 41.6. The van der Waals surface area contributed by atoms with Crippen molar-refractivity contribution in [2.45, 2.75) is 69.2 Å². The summed E-state index contributed by atoms with van der Waals surface area (Å²) in [6.45, 7) is 8.96. The van der Waals surface area contributed by atoms with E-state index in [1.807, 2.05) is 21.0 Å². The first-order valence-electron chi connectivity index (χ1n) is 25.1. The second-order valence-corrected chi connectivity index (χ2v) is 20.6. The molecule has 8 aromatic rings. The molecule has 0 saturated carbocycles. The molecule has 5 saturated heterocycles. The van der Waals surface area contributed by atoms with Gasteiger partial charge in [-0.15, -0.1) is 0 Å². The summed E-state index contributed by atoms with van der Waals surface area (Å²) in [6, 6.07) is 22.1. The zero-order chi connectivity index (χ0) is 50.0. The summed E-state index contributed by atoms with van der Waals surface area (Å²) in [6.07, 6.45) is 9.29. The van der Waals surface area contributed by atoms with Crippen LogP contribution in [0.25, 0.3) is 43.6 Å². The highest BCUT2D eigenvalue weighted by Crippen LogP contribution is 2.45. The van der Waals surface area contributed by atoms with Crippen LogP contribution in [0.2, 0.25) is 0 Å². The fourth-order valence-electron chi connectivity index (χ4n) is 11.5. The molecule has 16 nitrogen and oxygen atoms in total. The lowest BCUT2D eigenvalue weighted by molar-refractivity contribution is -0.221. The molecule has 0 amide bonds. The number of pyridine rings is 2. The van der Waals surface area contributed by atoms with Gasteiger partial charge in [-0.25, -0.2) is 28.7 Å². The van der Waals surface area contributed by atoms with E-state index in [1.165, 1.54) is 12.7 Å². The number of benzene rings is 4. The molecule has 18 heteroatoms. The Hall–Kier alpha value is -7.12. The second kappa shape index (κ2) is 19.1. The molecular weight excluding hydrogens is 931 g/mol. The van der Waals surface area contributed by atoms with Crippen molar-refractivity contribution in [3.63, 3.8) is 0 Å². The van der Waals surface area contributed by atoms with Crippen molar-refractivity contribution in [1.82, 2.24) is 39.7 Å². The third-order valence-corrected chi connectivity index (χ3v) is 14.4. The fraction of sp³-hybridized carbons (Fsp3) is 0.382. The van der Waals surface area contributed by atoms with Gasteiger partial charge in [0.15, 0.2) is 11.6 Å². The third-order valence-electron chi connectivity index (χ3n) is 14.4. The Balaban J connectivity index is 0.796. The lowest BCUT2D eigenvalue weighted by Gasteiger charge is -2.57. The molecule has 4 aromatic carbocycles. The number of ether oxygens (including phenoxy) is 4. The standard InChI is InChI=1S/C55H58F2N12O4/c1-32(23-66(3)4)70-48-21-35(19-46-50(48)54(63-31-61-46)65-44-15-13-42-40(52(44)57)9-7-17-59-42)69-27-38-22-55(29-69,73-38)28-67(5)24-33(2)71-47-20-34(68-25-36-10-11-37(26-68)72-36)18-45-49(47)53(62-30-60-45)64-43-14-12-41-39(51(43)56)8-6-16-58-41/h6-9,12-21,30-33,36-38H,10-11,22-29H2,1-5H3,(H,60,62,64)(H,61,63,65)/t32-,33-,36?,37?,38?,55?/m1/s1. The minimum atomic E-state index is -0.431. The quantitative estimate of drug-likeness (QED) is 0.0948. The maximum atomic E-state index is 16.0. The number of hydrogen-bond donors (Lipinski definition) is 2. The van der Waals surface area contributed by atoms with Crippen molar-refractivity contribution >= 4 is 78.0 Å². The highest BCUT2D eigenvalue weighted by molar-refractivity contribution is 6.00. The van der Waals surface area contributed by atoms with E-state index in [-0.39, 0.29) is 41.9 Å². The monoisotopic (exact) mass is 988 g/mol. The van der Waals surface area contributed by atoms with Crippen LogP contribution in [0.15, 0.2) is 97.8 Å². The average Bonchev–Trinajstić information content (AvgIpc) is 3.71. The first kappa shape index (κ1) is 46.9. The van der Waals surface area contributed by atoms with E-state index in [9.17, 15) is 0 Å². The SMILES string of the molecule is C[C@H](CN(C)C)Oc1cc(N2CC3CC(CN(C)C[C@@H](C)Oc4cc(N5CC6CCC(C5)O6)cc5ncnc(Nc6ccc7ncccc7c6F)c45)(C2)O3)cc2ncnc(Nc3ccc4ncccc4c3F)c12. The van der Waals surface area contributed by atoms with Crippen LogP contribution in [-0.2, 0) is 9.47 Å². The number of anilines is 6. The number of halogens is 2. The molecule has 4 aromatic heterocycles. The number of piperidine rings is 1. The van der Waals surface area contributed by atoms with Crippen molar-refractivity contribution in [1.29, 1.82) is 0 Å². The van der Waals surface area contributed by atoms with E-state index >= 15 is 8.78 Å². The van der Waals surface area contributed by atoms with Gasteiger partial charge >= 0.3 is 0 Å². The predicted molar refractivity (Wildman–Crippen MR) is 280 cm³/mol. The van der Waals surface area contributed by atoms with Gasteiger partial charge in [-0.2, -0.15) is 0 Å². The smallest absolute Gasteiger partial charge is 0.156 e. The Kier molecular flexibility index (Phi) is 12.2. The molecular formula is C55H58F2N12O4. The molecule has 6 atom stereocenters. The van der Waals surface area contributed by atoms with Crippen molar-refractivity contribution in [2.75, 3.05) is 87.4 Å². The maximum absolute atomic E-state index is 16.0. The van der Waals surface area contributed by atoms with E-state index in [4.69, 9.17) is 28.9 Å². The van der Waals surface area contributed by atoms with Gasteiger partial charge in [-0.1, -0.05) is 0 Å². The van der Waals surface area contributed by atoms with Gasteiger partial charge in [0.25, 0.3) is 0 Å². The second-order valence-electron chi connectivity index (χ2n) is 20.6. The fourth-order valence-corrected chi connectivity index (χ4v) is 11.5. The van der Waals surface area contributed by atoms with Crippen LogP contribution in [0.5, 0.6) is 11.5 Å². The Bertz CT molecular complexity index is 3370. The molecule has 5 aliphatic heterocycles. The van der Waals surface area contributed by atoms with Gasteiger partial charge in [0.2, 0.25) is 0 Å². The van der Waals surface area contributed by atoms with Gasteiger partial charge in [0.1, 0.15) is 53.6 Å². The molecule has 0 spiro atoms. The van der Waals surface area contributed by atoms with E-state index in [0.29, 0.717) is 99.5 Å². The number of aromatic nitrogens is 6. The van der Waals surface area contributed by atoms with Crippen molar-refractivity contribution in [2.24, 2.45) is 0 Å². The average molecular weight is 989 g/mol. The first-order chi connectivity index (χ1) is 35.4. The molecule has 9 heterocycles. The number of likely N-dealkylation sites (N-methyl/N-ethyl adjacent to an activating group) is 2. The number of rotatable bonds is 16. The molecule has 4 unspecified atom stereocenters. The summed E-state index contributed by atoms with van der Waals surface area (Å²) in [5.41, 5.74) is 4.57. The van der Waals surface area contributed by atoms with Crippen LogP contribution in [-0.4, -0.2) is 143 Å². The minimum Gasteiger partial charge on any atom is -0.488 e. The van der Waals surface area contributed by atoms with Crippen LogP contribution < -0.4 is 29.9 Å². The van der Waals surface area contributed by atoms with Crippen molar-refractivity contribution in [3.8, 4) is 11.5 Å². The topological polar surface area (TPSA) is 151 Å². The number of nitrogens with zero attached hydrogens (tertiary/aromatic N) is 10. The molecule has 5 fully saturated rings.